The molecule has 2 heterocycles. The largest absolute Gasteiger partial charge is 0.450 e. The van der Waals surface area contributed by atoms with Crippen LogP contribution in [0.3, 0.4) is 0 Å². The molecule has 0 bridgehead atoms. The van der Waals surface area contributed by atoms with Crippen LogP contribution in [0.5, 0.6) is 0 Å². The highest BCUT2D eigenvalue weighted by Gasteiger charge is 2.42. The average Bonchev–Trinajstić information content (AvgIpc) is 3.02. The molecule has 4 rings (SSSR count). The Labute approximate surface area is 178 Å². The zero-order valence-electron chi connectivity index (χ0n) is 16.8. The van der Waals surface area contributed by atoms with Crippen molar-refractivity contribution in [2.75, 3.05) is 26.2 Å². The summed E-state index contributed by atoms with van der Waals surface area (Å²) in [5, 5.41) is 0.632. The van der Waals surface area contributed by atoms with Crippen molar-refractivity contribution >= 4 is 28.5 Å². The van der Waals surface area contributed by atoms with E-state index in [0.29, 0.717) is 18.1 Å². The highest BCUT2D eigenvalue weighted by atomic mass is 35.5. The highest BCUT2D eigenvalue weighted by molar-refractivity contribution is 6.30. The van der Waals surface area contributed by atoms with Crippen LogP contribution < -0.4 is 5.43 Å². The lowest BCUT2D eigenvalue weighted by atomic mass is 9.98. The average molecular weight is 429 g/mol. The van der Waals surface area contributed by atoms with Crippen molar-refractivity contribution in [2.45, 2.75) is 19.9 Å². The second-order valence-electron chi connectivity index (χ2n) is 7.30. The van der Waals surface area contributed by atoms with Crippen molar-refractivity contribution < 1.29 is 13.6 Å². The molecule has 3 aromatic rings. The Kier molecular flexibility index (Phi) is 5.62. The van der Waals surface area contributed by atoms with Gasteiger partial charge in [-0.3, -0.25) is 9.59 Å². The molecule has 156 valence electrons. The van der Waals surface area contributed by atoms with E-state index in [1.165, 1.54) is 12.1 Å². The Morgan fingerprint density at radius 1 is 1.13 bits per heavy atom. The molecule has 7 heteroatoms. The van der Waals surface area contributed by atoms with Crippen LogP contribution in [0.25, 0.3) is 11.0 Å². The summed E-state index contributed by atoms with van der Waals surface area (Å²) in [5.41, 5.74) is 0.760. The summed E-state index contributed by atoms with van der Waals surface area (Å²) in [6, 6.07) is 10.2. The Hall–Kier alpha value is -2.70. The lowest BCUT2D eigenvalue weighted by molar-refractivity contribution is 0.0708. The van der Waals surface area contributed by atoms with Crippen molar-refractivity contribution in [1.82, 2.24) is 9.80 Å². The Morgan fingerprint density at radius 3 is 2.60 bits per heavy atom. The van der Waals surface area contributed by atoms with Gasteiger partial charge in [0, 0.05) is 18.1 Å². The lowest BCUT2D eigenvalue weighted by Gasteiger charge is -2.28. The van der Waals surface area contributed by atoms with E-state index in [0.717, 1.165) is 24.7 Å². The van der Waals surface area contributed by atoms with Gasteiger partial charge in [0.25, 0.3) is 5.91 Å². The van der Waals surface area contributed by atoms with Gasteiger partial charge in [0.05, 0.1) is 17.0 Å². The summed E-state index contributed by atoms with van der Waals surface area (Å²) in [6.45, 7) is 6.91. The van der Waals surface area contributed by atoms with Crippen molar-refractivity contribution in [3.8, 4) is 0 Å². The van der Waals surface area contributed by atoms with Gasteiger partial charge in [-0.05, 0) is 49.0 Å². The first-order chi connectivity index (χ1) is 14.4. The minimum Gasteiger partial charge on any atom is -0.450 e. The first-order valence-corrected chi connectivity index (χ1v) is 10.4. The van der Waals surface area contributed by atoms with Crippen LogP contribution in [0.2, 0.25) is 5.02 Å². The summed E-state index contributed by atoms with van der Waals surface area (Å²) >= 11 is 6.20. The molecule has 1 aromatic heterocycles. The SMILES string of the molecule is CCN(CC)CCN1C(=O)c2oc3ccc(F)cc3c(=O)c2[C@@H]1c1cccc(Cl)c1. The molecular weight excluding hydrogens is 407 g/mol. The van der Waals surface area contributed by atoms with Gasteiger partial charge in [-0.2, -0.15) is 0 Å². The minimum absolute atomic E-state index is 0.0173. The van der Waals surface area contributed by atoms with Crippen molar-refractivity contribution in [3.05, 3.63) is 80.4 Å². The fraction of sp³-hybridized carbons (Fsp3) is 0.304. The van der Waals surface area contributed by atoms with Gasteiger partial charge in [-0.15, -0.1) is 0 Å². The molecule has 1 aliphatic heterocycles. The lowest BCUT2D eigenvalue weighted by Crippen LogP contribution is -2.37. The van der Waals surface area contributed by atoms with Gasteiger partial charge < -0.3 is 14.2 Å². The van der Waals surface area contributed by atoms with Crippen LogP contribution in [0, 0.1) is 5.82 Å². The van der Waals surface area contributed by atoms with Crippen LogP contribution >= 0.6 is 11.6 Å². The number of nitrogens with zero attached hydrogens (tertiary/aromatic N) is 2. The molecule has 0 N–H and O–H groups in total. The fourth-order valence-corrected chi connectivity index (χ4v) is 4.23. The summed E-state index contributed by atoms with van der Waals surface area (Å²) < 4.78 is 19.6. The van der Waals surface area contributed by atoms with E-state index in [1.807, 2.05) is 6.07 Å². The van der Waals surface area contributed by atoms with Gasteiger partial charge >= 0.3 is 0 Å². The third-order valence-corrected chi connectivity index (χ3v) is 5.88. The van der Waals surface area contributed by atoms with Crippen LogP contribution in [0.15, 0.2) is 51.7 Å². The quantitative estimate of drug-likeness (QED) is 0.581. The van der Waals surface area contributed by atoms with E-state index in [4.69, 9.17) is 16.0 Å². The first kappa shape index (κ1) is 20.6. The summed E-state index contributed by atoms with van der Waals surface area (Å²) in [6.07, 6.45) is 0. The molecule has 30 heavy (non-hydrogen) atoms. The maximum Gasteiger partial charge on any atom is 0.290 e. The van der Waals surface area contributed by atoms with E-state index in [9.17, 15) is 14.0 Å². The molecule has 2 aromatic carbocycles. The monoisotopic (exact) mass is 428 g/mol. The molecule has 0 saturated heterocycles. The first-order valence-electron chi connectivity index (χ1n) is 9.99. The van der Waals surface area contributed by atoms with Crippen molar-refractivity contribution in [3.63, 3.8) is 0 Å². The number of hydrogen-bond acceptors (Lipinski definition) is 4. The highest BCUT2D eigenvalue weighted by Crippen LogP contribution is 2.38. The number of carbonyl (C=O) groups excluding carboxylic acids is 1. The molecule has 1 atom stereocenters. The van der Waals surface area contributed by atoms with Crippen molar-refractivity contribution in [2.24, 2.45) is 0 Å². The smallest absolute Gasteiger partial charge is 0.290 e. The molecule has 5 nitrogen and oxygen atoms in total. The molecular formula is C23H22ClFN2O3. The molecule has 0 radical (unpaired) electrons. The number of rotatable bonds is 6. The Morgan fingerprint density at radius 2 is 1.90 bits per heavy atom. The number of likely N-dealkylation sites (N-methyl/N-ethyl adjacent to an activating group) is 1. The van der Waals surface area contributed by atoms with E-state index < -0.39 is 17.3 Å². The molecule has 0 fully saturated rings. The van der Waals surface area contributed by atoms with Gasteiger partial charge in [0.15, 0.2) is 5.43 Å². The third-order valence-electron chi connectivity index (χ3n) is 5.64. The van der Waals surface area contributed by atoms with Crippen LogP contribution in [-0.2, 0) is 0 Å². The maximum absolute atomic E-state index is 13.8. The zero-order valence-corrected chi connectivity index (χ0v) is 17.6. The van der Waals surface area contributed by atoms with Crippen LogP contribution in [0.1, 0.15) is 41.6 Å². The van der Waals surface area contributed by atoms with Gasteiger partial charge in [-0.25, -0.2) is 4.39 Å². The summed E-state index contributed by atoms with van der Waals surface area (Å²) in [4.78, 5) is 30.5. The second-order valence-corrected chi connectivity index (χ2v) is 7.73. The van der Waals surface area contributed by atoms with E-state index >= 15 is 0 Å². The molecule has 0 saturated carbocycles. The number of benzene rings is 2. The molecule has 1 amide bonds. The van der Waals surface area contributed by atoms with Crippen LogP contribution in [-0.4, -0.2) is 41.9 Å². The summed E-state index contributed by atoms with van der Waals surface area (Å²) in [7, 11) is 0. The fourth-order valence-electron chi connectivity index (χ4n) is 4.04. The third kappa shape index (κ3) is 3.50. The van der Waals surface area contributed by atoms with Crippen LogP contribution in [0.4, 0.5) is 4.39 Å². The van der Waals surface area contributed by atoms with E-state index in [-0.39, 0.29) is 28.2 Å². The van der Waals surface area contributed by atoms with E-state index in [2.05, 4.69) is 18.7 Å². The summed E-state index contributed by atoms with van der Waals surface area (Å²) in [5.74, 6) is -0.856. The van der Waals surface area contributed by atoms with E-state index in [1.54, 1.807) is 23.1 Å². The predicted octanol–water partition coefficient (Wildman–Crippen LogP) is 4.47. The normalized spacial score (nSPS) is 16.0. The number of halogens is 2. The molecule has 0 aliphatic carbocycles. The number of hydrogen-bond donors (Lipinski definition) is 0. The Bertz CT molecular complexity index is 1170. The maximum atomic E-state index is 13.8. The van der Waals surface area contributed by atoms with Gasteiger partial charge in [-0.1, -0.05) is 37.6 Å². The molecule has 0 unspecified atom stereocenters. The number of amides is 1. The topological polar surface area (TPSA) is 53.8 Å². The van der Waals surface area contributed by atoms with Crippen molar-refractivity contribution in [1.29, 1.82) is 0 Å². The molecule has 0 spiro atoms. The second kappa shape index (κ2) is 8.20. The standard InChI is InChI=1S/C23H22ClFN2O3/c1-3-26(4-2)10-11-27-20(14-6-5-7-15(24)12-14)19-21(28)17-13-16(25)8-9-18(17)30-22(19)23(27)29/h5-9,12-13,20H,3-4,10-11H2,1-2H3/t20-/m0/s1. The Balaban J connectivity index is 1.89. The number of carbonyl (C=O) groups is 1. The molecule has 1 aliphatic rings. The zero-order chi connectivity index (χ0) is 21.4. The van der Waals surface area contributed by atoms with Gasteiger partial charge in [0.2, 0.25) is 5.76 Å². The van der Waals surface area contributed by atoms with Gasteiger partial charge in [0.1, 0.15) is 11.4 Å². The number of fused-ring (bicyclic) bond motifs is 2. The minimum atomic E-state index is -0.634. The predicted molar refractivity (Wildman–Crippen MR) is 115 cm³/mol.